The van der Waals surface area contributed by atoms with Gasteiger partial charge in [-0.1, -0.05) is 30.3 Å². The fourth-order valence-electron chi connectivity index (χ4n) is 3.28. The molecule has 2 aromatic rings. The summed E-state index contributed by atoms with van der Waals surface area (Å²) in [5.41, 5.74) is 2.63. The highest BCUT2D eigenvalue weighted by Gasteiger charge is 2.22. The lowest BCUT2D eigenvalue weighted by Gasteiger charge is -2.25. The van der Waals surface area contributed by atoms with E-state index in [4.69, 9.17) is 0 Å². The van der Waals surface area contributed by atoms with Gasteiger partial charge in [0, 0.05) is 30.8 Å². The van der Waals surface area contributed by atoms with E-state index in [1.807, 2.05) is 44.4 Å². The van der Waals surface area contributed by atoms with Crippen molar-refractivity contribution in [1.29, 1.82) is 0 Å². The normalized spacial score (nSPS) is 15.3. The van der Waals surface area contributed by atoms with Crippen LogP contribution in [0, 0.1) is 0 Å². The molecule has 3 rings (SSSR count). The molecule has 0 saturated carbocycles. The molecular weight excluding hydrogens is 326 g/mol. The van der Waals surface area contributed by atoms with Crippen LogP contribution in [0.15, 0.2) is 54.6 Å². The maximum Gasteiger partial charge on any atom is 0.251 e. The van der Waals surface area contributed by atoms with Crippen LogP contribution in [0.5, 0.6) is 0 Å². The first-order chi connectivity index (χ1) is 12.6. The van der Waals surface area contributed by atoms with Gasteiger partial charge in [-0.15, -0.1) is 0 Å². The molecule has 5 heteroatoms. The van der Waals surface area contributed by atoms with Crippen LogP contribution in [-0.4, -0.2) is 43.9 Å². The Bertz CT molecular complexity index is 757. The van der Waals surface area contributed by atoms with Gasteiger partial charge in [0.2, 0.25) is 5.91 Å². The van der Waals surface area contributed by atoms with Crippen molar-refractivity contribution in [2.45, 2.75) is 18.9 Å². The first-order valence-corrected chi connectivity index (χ1v) is 8.96. The Labute approximate surface area is 154 Å². The molecule has 26 heavy (non-hydrogen) atoms. The van der Waals surface area contributed by atoms with E-state index in [9.17, 15) is 9.59 Å². The van der Waals surface area contributed by atoms with Crippen LogP contribution in [0.25, 0.3) is 0 Å². The molecule has 1 atom stereocenters. The van der Waals surface area contributed by atoms with E-state index < -0.39 is 0 Å². The molecule has 1 saturated heterocycles. The molecule has 0 unspecified atom stereocenters. The Balaban J connectivity index is 1.63. The molecule has 0 aromatic heterocycles. The largest absolute Gasteiger partial charge is 0.350 e. The predicted molar refractivity (Wildman–Crippen MR) is 103 cm³/mol. The molecule has 5 nitrogen and oxygen atoms in total. The Morgan fingerprint density at radius 3 is 2.38 bits per heavy atom. The van der Waals surface area contributed by atoms with Crippen molar-refractivity contribution in [1.82, 2.24) is 10.2 Å². The SMILES string of the molecule is CN(C)[C@H](CNC(=O)c1ccc(N2CCCC2=O)cc1)c1ccccc1. The van der Waals surface area contributed by atoms with E-state index in [2.05, 4.69) is 22.3 Å². The Hall–Kier alpha value is -2.66. The third-order valence-corrected chi connectivity index (χ3v) is 4.78. The lowest BCUT2D eigenvalue weighted by molar-refractivity contribution is -0.117. The molecular formula is C21H25N3O2. The smallest absolute Gasteiger partial charge is 0.251 e. The number of likely N-dealkylation sites (N-methyl/N-ethyl adjacent to an activating group) is 1. The average molecular weight is 351 g/mol. The minimum Gasteiger partial charge on any atom is -0.350 e. The summed E-state index contributed by atoms with van der Waals surface area (Å²) in [4.78, 5) is 28.2. The number of anilines is 1. The third-order valence-electron chi connectivity index (χ3n) is 4.78. The van der Waals surface area contributed by atoms with Crippen molar-refractivity contribution >= 4 is 17.5 Å². The van der Waals surface area contributed by atoms with Crippen molar-refractivity contribution in [2.24, 2.45) is 0 Å². The number of carbonyl (C=O) groups is 2. The topological polar surface area (TPSA) is 52.7 Å². The van der Waals surface area contributed by atoms with Crippen LogP contribution in [0.3, 0.4) is 0 Å². The zero-order valence-corrected chi connectivity index (χ0v) is 15.3. The van der Waals surface area contributed by atoms with Crippen molar-refractivity contribution < 1.29 is 9.59 Å². The summed E-state index contributed by atoms with van der Waals surface area (Å²) in [7, 11) is 4.01. The van der Waals surface area contributed by atoms with Gasteiger partial charge >= 0.3 is 0 Å². The van der Waals surface area contributed by atoms with E-state index in [0.717, 1.165) is 18.7 Å². The van der Waals surface area contributed by atoms with Crippen molar-refractivity contribution in [2.75, 3.05) is 32.1 Å². The van der Waals surface area contributed by atoms with Gasteiger partial charge in [0.15, 0.2) is 0 Å². The zero-order chi connectivity index (χ0) is 18.5. The second-order valence-corrected chi connectivity index (χ2v) is 6.80. The van der Waals surface area contributed by atoms with E-state index in [0.29, 0.717) is 18.5 Å². The Kier molecular flexibility index (Phi) is 5.68. The van der Waals surface area contributed by atoms with Crippen LogP contribution in [0.4, 0.5) is 5.69 Å². The molecule has 1 aliphatic rings. The van der Waals surface area contributed by atoms with Crippen molar-refractivity contribution in [3.05, 3.63) is 65.7 Å². The molecule has 0 radical (unpaired) electrons. The van der Waals surface area contributed by atoms with Crippen LogP contribution in [0.1, 0.15) is 34.8 Å². The summed E-state index contributed by atoms with van der Waals surface area (Å²) in [5, 5.41) is 3.02. The summed E-state index contributed by atoms with van der Waals surface area (Å²) in [6.45, 7) is 1.29. The van der Waals surface area contributed by atoms with Crippen LogP contribution < -0.4 is 10.2 Å². The van der Waals surface area contributed by atoms with E-state index in [1.165, 1.54) is 5.56 Å². The van der Waals surface area contributed by atoms with Gasteiger partial charge in [-0.2, -0.15) is 0 Å². The zero-order valence-electron chi connectivity index (χ0n) is 15.3. The molecule has 136 valence electrons. The van der Waals surface area contributed by atoms with Crippen LogP contribution in [0.2, 0.25) is 0 Å². The molecule has 1 aliphatic heterocycles. The molecule has 1 fully saturated rings. The summed E-state index contributed by atoms with van der Waals surface area (Å²) in [5.74, 6) is 0.0472. The number of amides is 2. The Morgan fingerprint density at radius 1 is 1.12 bits per heavy atom. The second kappa shape index (κ2) is 8.15. The van der Waals surface area contributed by atoms with Crippen LogP contribution in [-0.2, 0) is 4.79 Å². The van der Waals surface area contributed by atoms with E-state index in [1.54, 1.807) is 17.0 Å². The summed E-state index contributed by atoms with van der Waals surface area (Å²) in [6.07, 6.45) is 1.50. The summed E-state index contributed by atoms with van der Waals surface area (Å²) < 4.78 is 0. The van der Waals surface area contributed by atoms with Gasteiger partial charge in [0.1, 0.15) is 0 Å². The van der Waals surface area contributed by atoms with Gasteiger partial charge in [-0.3, -0.25) is 9.59 Å². The number of nitrogens with zero attached hydrogens (tertiary/aromatic N) is 2. The third kappa shape index (κ3) is 4.11. The number of benzene rings is 2. The molecule has 0 aliphatic carbocycles. The highest BCUT2D eigenvalue weighted by Crippen LogP contribution is 2.22. The predicted octanol–water partition coefficient (Wildman–Crippen LogP) is 2.85. The number of rotatable bonds is 6. The minimum absolute atomic E-state index is 0.105. The molecule has 0 bridgehead atoms. The highest BCUT2D eigenvalue weighted by atomic mass is 16.2. The Morgan fingerprint density at radius 2 is 1.81 bits per heavy atom. The summed E-state index contributed by atoms with van der Waals surface area (Å²) in [6, 6.07) is 17.5. The fraction of sp³-hybridized carbons (Fsp3) is 0.333. The van der Waals surface area contributed by atoms with E-state index >= 15 is 0 Å². The quantitative estimate of drug-likeness (QED) is 0.871. The number of nitrogens with one attached hydrogen (secondary N) is 1. The molecule has 2 aromatic carbocycles. The van der Waals surface area contributed by atoms with Gasteiger partial charge in [0.25, 0.3) is 5.91 Å². The maximum absolute atomic E-state index is 12.5. The van der Waals surface area contributed by atoms with Crippen molar-refractivity contribution in [3.63, 3.8) is 0 Å². The van der Waals surface area contributed by atoms with Gasteiger partial charge in [-0.05, 0) is 50.3 Å². The lowest BCUT2D eigenvalue weighted by atomic mass is 10.1. The number of hydrogen-bond donors (Lipinski definition) is 1. The van der Waals surface area contributed by atoms with Gasteiger partial charge in [-0.25, -0.2) is 0 Å². The number of hydrogen-bond acceptors (Lipinski definition) is 3. The van der Waals surface area contributed by atoms with E-state index in [-0.39, 0.29) is 17.9 Å². The molecule has 1 heterocycles. The second-order valence-electron chi connectivity index (χ2n) is 6.80. The molecule has 2 amide bonds. The first-order valence-electron chi connectivity index (χ1n) is 8.96. The van der Waals surface area contributed by atoms with Gasteiger partial charge in [0.05, 0.1) is 6.04 Å². The average Bonchev–Trinajstić information content (AvgIpc) is 3.08. The highest BCUT2D eigenvalue weighted by molar-refractivity contribution is 5.97. The maximum atomic E-state index is 12.5. The monoisotopic (exact) mass is 351 g/mol. The number of carbonyl (C=O) groups excluding carboxylic acids is 2. The standard InChI is InChI=1S/C21H25N3O2/c1-23(2)19(16-7-4-3-5-8-16)15-22-21(26)17-10-12-18(13-11-17)24-14-6-9-20(24)25/h3-5,7-8,10-13,19H,6,9,14-15H2,1-2H3,(H,22,26)/t19-/m1/s1. The van der Waals surface area contributed by atoms with Gasteiger partial charge < -0.3 is 15.1 Å². The summed E-state index contributed by atoms with van der Waals surface area (Å²) >= 11 is 0. The lowest BCUT2D eigenvalue weighted by Crippen LogP contribution is -2.34. The minimum atomic E-state index is -0.105. The van der Waals surface area contributed by atoms with Crippen LogP contribution >= 0.6 is 0 Å². The molecule has 1 N–H and O–H groups in total. The first kappa shape index (κ1) is 18.1. The molecule has 0 spiro atoms. The fourth-order valence-corrected chi connectivity index (χ4v) is 3.28. The van der Waals surface area contributed by atoms with Crippen molar-refractivity contribution in [3.8, 4) is 0 Å².